The zero-order valence-corrected chi connectivity index (χ0v) is 16.2. The summed E-state index contributed by atoms with van der Waals surface area (Å²) in [6.45, 7) is 1.85. The summed E-state index contributed by atoms with van der Waals surface area (Å²) in [4.78, 5) is 16.2. The lowest BCUT2D eigenvalue weighted by Gasteiger charge is -2.28. The number of aryl methyl sites for hydroxylation is 1. The Bertz CT molecular complexity index is 815. The van der Waals surface area contributed by atoms with E-state index >= 15 is 0 Å². The Morgan fingerprint density at radius 2 is 1.89 bits per heavy atom. The number of nitrogens with zero attached hydrogens (tertiary/aromatic N) is 4. The molecule has 28 heavy (non-hydrogen) atoms. The summed E-state index contributed by atoms with van der Waals surface area (Å²) in [5.41, 5.74) is 3.02. The second-order valence-corrected chi connectivity index (χ2v) is 7.32. The van der Waals surface area contributed by atoms with Crippen LogP contribution in [0.5, 0.6) is 0 Å². The second-order valence-electron chi connectivity index (χ2n) is 7.32. The van der Waals surface area contributed by atoms with Gasteiger partial charge in [-0.1, -0.05) is 30.3 Å². The third-order valence-electron chi connectivity index (χ3n) is 4.99. The summed E-state index contributed by atoms with van der Waals surface area (Å²) < 4.78 is 39.4. The van der Waals surface area contributed by atoms with E-state index in [1.54, 1.807) is 14.1 Å². The highest BCUT2D eigenvalue weighted by Crippen LogP contribution is 2.26. The lowest BCUT2D eigenvalue weighted by Crippen LogP contribution is -2.34. The SMILES string of the molecule is CN(C)C(=O)c1nn(CCC(F)(F)F)c2c1CN(CCc1ccccc1)CC2. The number of carbonyl (C=O) groups excluding carboxylic acids is 1. The van der Waals surface area contributed by atoms with E-state index in [-0.39, 0.29) is 18.1 Å². The number of hydrogen-bond donors (Lipinski definition) is 0. The van der Waals surface area contributed by atoms with Crippen LogP contribution in [0.1, 0.15) is 33.7 Å². The van der Waals surface area contributed by atoms with Crippen LogP contribution in [0, 0.1) is 0 Å². The summed E-state index contributed by atoms with van der Waals surface area (Å²) in [6, 6.07) is 10.1. The Hall–Kier alpha value is -2.35. The summed E-state index contributed by atoms with van der Waals surface area (Å²) in [7, 11) is 3.25. The molecule has 0 unspecified atom stereocenters. The van der Waals surface area contributed by atoms with E-state index in [9.17, 15) is 18.0 Å². The van der Waals surface area contributed by atoms with Crippen LogP contribution < -0.4 is 0 Å². The van der Waals surface area contributed by atoms with Crippen molar-refractivity contribution in [2.75, 3.05) is 27.2 Å². The molecule has 5 nitrogen and oxygen atoms in total. The molecular formula is C20H25F3N4O. The van der Waals surface area contributed by atoms with Gasteiger partial charge in [-0.3, -0.25) is 14.4 Å². The molecule has 0 saturated carbocycles. The van der Waals surface area contributed by atoms with Crippen molar-refractivity contribution in [3.8, 4) is 0 Å². The lowest BCUT2D eigenvalue weighted by molar-refractivity contribution is -0.137. The molecule has 8 heteroatoms. The lowest BCUT2D eigenvalue weighted by atomic mass is 10.0. The average molecular weight is 394 g/mol. The van der Waals surface area contributed by atoms with Crippen LogP contribution in [0.4, 0.5) is 13.2 Å². The van der Waals surface area contributed by atoms with Crippen LogP contribution in [0.15, 0.2) is 30.3 Å². The van der Waals surface area contributed by atoms with Crippen LogP contribution >= 0.6 is 0 Å². The fourth-order valence-electron chi connectivity index (χ4n) is 3.47. The number of fused-ring (bicyclic) bond motifs is 1. The number of amides is 1. The first-order valence-electron chi connectivity index (χ1n) is 9.38. The van der Waals surface area contributed by atoms with Gasteiger partial charge in [0.2, 0.25) is 0 Å². The quantitative estimate of drug-likeness (QED) is 0.756. The van der Waals surface area contributed by atoms with Gasteiger partial charge in [0.05, 0.1) is 6.42 Å². The van der Waals surface area contributed by atoms with Crippen LogP contribution in [0.2, 0.25) is 0 Å². The maximum Gasteiger partial charge on any atom is 0.390 e. The van der Waals surface area contributed by atoms with E-state index in [4.69, 9.17) is 0 Å². The van der Waals surface area contributed by atoms with Gasteiger partial charge >= 0.3 is 6.18 Å². The molecule has 0 bridgehead atoms. The van der Waals surface area contributed by atoms with Crippen molar-refractivity contribution in [3.05, 3.63) is 52.8 Å². The molecule has 2 aromatic rings. The highest BCUT2D eigenvalue weighted by Gasteiger charge is 2.31. The van der Waals surface area contributed by atoms with Crippen molar-refractivity contribution in [2.24, 2.45) is 0 Å². The predicted octanol–water partition coefficient (Wildman–Crippen LogP) is 3.14. The number of aromatic nitrogens is 2. The third-order valence-corrected chi connectivity index (χ3v) is 4.99. The van der Waals surface area contributed by atoms with Gasteiger partial charge in [0, 0.05) is 58.0 Å². The minimum Gasteiger partial charge on any atom is -0.343 e. The second kappa shape index (κ2) is 8.34. The van der Waals surface area contributed by atoms with Crippen molar-refractivity contribution in [1.29, 1.82) is 0 Å². The number of halogens is 3. The number of hydrogen-bond acceptors (Lipinski definition) is 3. The molecule has 0 saturated heterocycles. The molecule has 152 valence electrons. The fraction of sp³-hybridized carbons (Fsp3) is 0.500. The standard InChI is InChI=1S/C20H25F3N4O/c1-25(2)19(28)18-16-14-26(11-8-15-6-4-3-5-7-15)12-9-17(16)27(24-18)13-10-20(21,22)23/h3-7H,8-14H2,1-2H3. The van der Waals surface area contributed by atoms with Gasteiger partial charge in [-0.2, -0.15) is 18.3 Å². The van der Waals surface area contributed by atoms with Crippen LogP contribution in [0.3, 0.4) is 0 Å². The zero-order valence-electron chi connectivity index (χ0n) is 16.2. The minimum absolute atomic E-state index is 0.253. The molecule has 0 N–H and O–H groups in total. The Balaban J connectivity index is 1.78. The summed E-state index contributed by atoms with van der Waals surface area (Å²) in [6.07, 6.45) is -3.72. The van der Waals surface area contributed by atoms with E-state index < -0.39 is 12.6 Å². The van der Waals surface area contributed by atoms with Gasteiger partial charge in [-0.25, -0.2) is 0 Å². The van der Waals surface area contributed by atoms with E-state index in [1.807, 2.05) is 18.2 Å². The molecule has 1 aromatic heterocycles. The number of benzene rings is 1. The molecule has 0 aliphatic carbocycles. The summed E-state index contributed by atoms with van der Waals surface area (Å²) in [5, 5.41) is 4.27. The van der Waals surface area contributed by atoms with Crippen molar-refractivity contribution in [2.45, 2.75) is 38.5 Å². The third kappa shape index (κ3) is 4.92. The maximum absolute atomic E-state index is 12.7. The first kappa shape index (κ1) is 20.4. The van der Waals surface area contributed by atoms with E-state index in [2.05, 4.69) is 22.1 Å². The van der Waals surface area contributed by atoms with Gasteiger partial charge in [0.25, 0.3) is 5.91 Å². The molecule has 2 heterocycles. The maximum atomic E-state index is 12.7. The highest BCUT2D eigenvalue weighted by atomic mass is 19.4. The summed E-state index contributed by atoms with van der Waals surface area (Å²) in [5.74, 6) is -0.271. The Labute approximate surface area is 162 Å². The van der Waals surface area contributed by atoms with Gasteiger partial charge in [0.1, 0.15) is 0 Å². The molecule has 0 radical (unpaired) electrons. The first-order chi connectivity index (χ1) is 13.2. The fourth-order valence-corrected chi connectivity index (χ4v) is 3.47. The van der Waals surface area contributed by atoms with Gasteiger partial charge in [0.15, 0.2) is 5.69 Å². The smallest absolute Gasteiger partial charge is 0.343 e. The molecule has 1 aliphatic heterocycles. The number of rotatable bonds is 6. The predicted molar refractivity (Wildman–Crippen MR) is 100 cm³/mol. The normalized spacial score (nSPS) is 14.8. The van der Waals surface area contributed by atoms with E-state index in [0.717, 1.165) is 30.8 Å². The molecule has 1 aliphatic rings. The van der Waals surface area contributed by atoms with Crippen LogP contribution in [0.25, 0.3) is 0 Å². The molecule has 1 amide bonds. The highest BCUT2D eigenvalue weighted by molar-refractivity contribution is 5.93. The monoisotopic (exact) mass is 394 g/mol. The molecule has 3 rings (SSSR count). The first-order valence-corrected chi connectivity index (χ1v) is 9.38. The van der Waals surface area contributed by atoms with Crippen LogP contribution in [-0.2, 0) is 25.9 Å². The minimum atomic E-state index is -4.25. The van der Waals surface area contributed by atoms with Crippen molar-refractivity contribution < 1.29 is 18.0 Å². The van der Waals surface area contributed by atoms with E-state index in [1.165, 1.54) is 15.1 Å². The molecule has 0 fully saturated rings. The molecule has 0 spiro atoms. The molecule has 0 atom stereocenters. The van der Waals surface area contributed by atoms with Gasteiger partial charge in [-0.05, 0) is 12.0 Å². The average Bonchev–Trinajstić information content (AvgIpc) is 3.02. The molecule has 1 aromatic carbocycles. The Kier molecular flexibility index (Phi) is 6.07. The number of carbonyl (C=O) groups is 1. The van der Waals surface area contributed by atoms with Gasteiger partial charge < -0.3 is 4.90 Å². The summed E-state index contributed by atoms with van der Waals surface area (Å²) >= 11 is 0. The number of alkyl halides is 3. The van der Waals surface area contributed by atoms with Crippen LogP contribution in [-0.4, -0.2) is 58.8 Å². The van der Waals surface area contributed by atoms with Crippen molar-refractivity contribution in [1.82, 2.24) is 19.6 Å². The van der Waals surface area contributed by atoms with Gasteiger partial charge in [-0.15, -0.1) is 0 Å². The largest absolute Gasteiger partial charge is 0.390 e. The Morgan fingerprint density at radius 3 is 2.54 bits per heavy atom. The van der Waals surface area contributed by atoms with Crippen molar-refractivity contribution >= 4 is 5.91 Å². The van der Waals surface area contributed by atoms with E-state index in [0.29, 0.717) is 13.0 Å². The zero-order chi connectivity index (χ0) is 20.3. The van der Waals surface area contributed by atoms with Crippen molar-refractivity contribution in [3.63, 3.8) is 0 Å². The molecular weight excluding hydrogens is 369 g/mol. The topological polar surface area (TPSA) is 41.4 Å². The Morgan fingerprint density at radius 1 is 1.18 bits per heavy atom.